The second-order valence-electron chi connectivity index (χ2n) is 4.72. The molecule has 9 heteroatoms. The maximum absolute atomic E-state index is 12.7. The fourth-order valence-electron chi connectivity index (χ4n) is 2.22. The number of hydrogen-bond acceptors (Lipinski definition) is 4. The molecule has 1 aromatic carbocycles. The molecule has 23 heavy (non-hydrogen) atoms. The molecule has 0 saturated heterocycles. The molecule has 0 radical (unpaired) electrons. The van der Waals surface area contributed by atoms with Crippen LogP contribution in [0.25, 0.3) is 10.9 Å². The van der Waals surface area contributed by atoms with Crippen LogP contribution in [-0.4, -0.2) is 24.3 Å². The Morgan fingerprint density at radius 1 is 1.22 bits per heavy atom. The minimum atomic E-state index is -4.06. The van der Waals surface area contributed by atoms with Gasteiger partial charge in [-0.1, -0.05) is 11.6 Å². The van der Waals surface area contributed by atoms with Gasteiger partial charge in [-0.05, 0) is 30.3 Å². The summed E-state index contributed by atoms with van der Waals surface area (Å²) in [5.74, 6) is -0.882. The predicted octanol–water partition coefficient (Wildman–Crippen LogP) is 2.12. The molecule has 0 fully saturated rings. The van der Waals surface area contributed by atoms with E-state index in [1.165, 1.54) is 30.6 Å². The van der Waals surface area contributed by atoms with Crippen molar-refractivity contribution in [1.82, 2.24) is 9.97 Å². The standard InChI is InChI=1S/C14H11ClN4O3S/c15-8-1-2-11-10(7-8)13(12(18-11)14(16)20)23(21,22)19-9-3-5-17-6-4-9/h1-7,18H,(H2,16,20)(H,17,19). The molecular weight excluding hydrogens is 340 g/mol. The van der Waals surface area contributed by atoms with E-state index >= 15 is 0 Å². The molecule has 4 N–H and O–H groups in total. The normalized spacial score (nSPS) is 11.5. The summed E-state index contributed by atoms with van der Waals surface area (Å²) in [4.78, 5) is 17.9. The number of amides is 1. The molecule has 0 bridgehead atoms. The summed E-state index contributed by atoms with van der Waals surface area (Å²) in [7, 11) is -4.06. The van der Waals surface area contributed by atoms with Gasteiger partial charge in [0.25, 0.3) is 15.9 Å². The van der Waals surface area contributed by atoms with Gasteiger partial charge < -0.3 is 10.7 Å². The van der Waals surface area contributed by atoms with Crippen LogP contribution in [0.3, 0.4) is 0 Å². The maximum Gasteiger partial charge on any atom is 0.266 e. The van der Waals surface area contributed by atoms with Crippen LogP contribution in [0.4, 0.5) is 5.69 Å². The molecule has 7 nitrogen and oxygen atoms in total. The Kier molecular flexibility index (Phi) is 3.70. The molecule has 0 aliphatic carbocycles. The smallest absolute Gasteiger partial charge is 0.266 e. The number of nitrogens with one attached hydrogen (secondary N) is 2. The van der Waals surface area contributed by atoms with Gasteiger partial charge >= 0.3 is 0 Å². The topological polar surface area (TPSA) is 118 Å². The van der Waals surface area contributed by atoms with Crippen molar-refractivity contribution in [2.24, 2.45) is 5.73 Å². The van der Waals surface area contributed by atoms with Crippen molar-refractivity contribution in [2.45, 2.75) is 4.90 Å². The molecule has 0 unspecified atom stereocenters. The largest absolute Gasteiger partial charge is 0.364 e. The zero-order valence-electron chi connectivity index (χ0n) is 11.6. The number of aromatic nitrogens is 2. The molecular formula is C14H11ClN4O3S. The van der Waals surface area contributed by atoms with E-state index in [1.807, 2.05) is 0 Å². The molecule has 3 rings (SSSR count). The minimum Gasteiger partial charge on any atom is -0.364 e. The van der Waals surface area contributed by atoms with Crippen LogP contribution in [0, 0.1) is 0 Å². The van der Waals surface area contributed by atoms with Gasteiger partial charge in [0.05, 0.1) is 5.69 Å². The summed E-state index contributed by atoms with van der Waals surface area (Å²) in [5, 5.41) is 0.626. The summed E-state index contributed by atoms with van der Waals surface area (Å²) in [6.07, 6.45) is 2.89. The summed E-state index contributed by atoms with van der Waals surface area (Å²) in [6, 6.07) is 7.60. The first-order valence-corrected chi connectivity index (χ1v) is 8.28. The molecule has 0 aliphatic rings. The van der Waals surface area contributed by atoms with E-state index in [2.05, 4.69) is 14.7 Å². The number of carbonyl (C=O) groups excluding carboxylic acids is 1. The Balaban J connectivity index is 2.22. The lowest BCUT2D eigenvalue weighted by Gasteiger charge is -2.08. The van der Waals surface area contributed by atoms with Crippen molar-refractivity contribution < 1.29 is 13.2 Å². The van der Waals surface area contributed by atoms with Gasteiger partial charge in [0.2, 0.25) is 0 Å². The van der Waals surface area contributed by atoms with Crippen LogP contribution in [0.2, 0.25) is 5.02 Å². The number of hydrogen-bond donors (Lipinski definition) is 3. The third-order valence-corrected chi connectivity index (χ3v) is 4.86. The second kappa shape index (κ2) is 5.56. The van der Waals surface area contributed by atoms with E-state index in [4.69, 9.17) is 17.3 Å². The summed E-state index contributed by atoms with van der Waals surface area (Å²) in [5.41, 5.74) is 5.85. The SMILES string of the molecule is NC(=O)c1[nH]c2ccc(Cl)cc2c1S(=O)(=O)Nc1ccncc1. The van der Waals surface area contributed by atoms with Gasteiger partial charge in [0, 0.05) is 28.3 Å². The van der Waals surface area contributed by atoms with Gasteiger partial charge in [-0.15, -0.1) is 0 Å². The van der Waals surface area contributed by atoms with Crippen LogP contribution in [0.15, 0.2) is 47.6 Å². The number of halogens is 1. The van der Waals surface area contributed by atoms with E-state index in [0.717, 1.165) is 0 Å². The van der Waals surface area contributed by atoms with E-state index in [0.29, 0.717) is 16.2 Å². The van der Waals surface area contributed by atoms with Crippen LogP contribution >= 0.6 is 11.6 Å². The maximum atomic E-state index is 12.7. The summed E-state index contributed by atoms with van der Waals surface area (Å²) >= 11 is 5.94. The van der Waals surface area contributed by atoms with Crippen molar-refractivity contribution >= 4 is 44.1 Å². The number of nitrogens with two attached hydrogens (primary N) is 1. The zero-order valence-corrected chi connectivity index (χ0v) is 13.1. The Bertz CT molecular complexity index is 1000. The number of pyridine rings is 1. The first kappa shape index (κ1) is 15.3. The molecule has 2 heterocycles. The van der Waals surface area contributed by atoms with Crippen molar-refractivity contribution in [3.8, 4) is 0 Å². The molecule has 0 saturated carbocycles. The lowest BCUT2D eigenvalue weighted by atomic mass is 10.2. The molecule has 0 aliphatic heterocycles. The number of benzene rings is 1. The van der Waals surface area contributed by atoms with Crippen LogP contribution < -0.4 is 10.5 Å². The number of anilines is 1. The van der Waals surface area contributed by atoms with Gasteiger partial charge in [-0.2, -0.15) is 0 Å². The zero-order chi connectivity index (χ0) is 16.6. The molecule has 3 aromatic rings. The highest BCUT2D eigenvalue weighted by Crippen LogP contribution is 2.30. The van der Waals surface area contributed by atoms with E-state index in [1.54, 1.807) is 12.1 Å². The average Bonchev–Trinajstić information content (AvgIpc) is 2.87. The quantitative estimate of drug-likeness (QED) is 0.667. The molecule has 1 amide bonds. The highest BCUT2D eigenvalue weighted by Gasteiger charge is 2.27. The third-order valence-electron chi connectivity index (χ3n) is 3.16. The highest BCUT2D eigenvalue weighted by atomic mass is 35.5. The van der Waals surface area contributed by atoms with E-state index in [-0.39, 0.29) is 16.0 Å². The van der Waals surface area contributed by atoms with Gasteiger partial charge in [-0.3, -0.25) is 14.5 Å². The monoisotopic (exact) mass is 350 g/mol. The Hall–Kier alpha value is -2.58. The first-order chi connectivity index (χ1) is 10.9. The Labute approximate surface area is 136 Å². The van der Waals surface area contributed by atoms with Gasteiger partial charge in [0.15, 0.2) is 0 Å². The summed E-state index contributed by atoms with van der Waals surface area (Å²) < 4.78 is 27.8. The minimum absolute atomic E-state index is 0.205. The van der Waals surface area contributed by atoms with Gasteiger partial charge in [-0.25, -0.2) is 8.42 Å². The number of primary amides is 1. The van der Waals surface area contributed by atoms with E-state index in [9.17, 15) is 13.2 Å². The van der Waals surface area contributed by atoms with Crippen molar-refractivity contribution in [1.29, 1.82) is 0 Å². The molecule has 0 spiro atoms. The number of H-pyrrole nitrogens is 1. The number of aromatic amines is 1. The van der Waals surface area contributed by atoms with E-state index < -0.39 is 15.9 Å². The Morgan fingerprint density at radius 3 is 2.57 bits per heavy atom. The van der Waals surface area contributed by atoms with Gasteiger partial charge in [0.1, 0.15) is 10.6 Å². The molecule has 0 atom stereocenters. The fraction of sp³-hybridized carbons (Fsp3) is 0. The molecule has 118 valence electrons. The molecule has 2 aromatic heterocycles. The summed E-state index contributed by atoms with van der Waals surface area (Å²) in [6.45, 7) is 0. The van der Waals surface area contributed by atoms with Crippen molar-refractivity contribution in [2.75, 3.05) is 4.72 Å². The van der Waals surface area contributed by atoms with Crippen LogP contribution in [-0.2, 0) is 10.0 Å². The Morgan fingerprint density at radius 2 is 1.91 bits per heavy atom. The first-order valence-electron chi connectivity index (χ1n) is 6.42. The van der Waals surface area contributed by atoms with Crippen molar-refractivity contribution in [3.05, 3.63) is 53.4 Å². The van der Waals surface area contributed by atoms with Crippen molar-refractivity contribution in [3.63, 3.8) is 0 Å². The van der Waals surface area contributed by atoms with Crippen LogP contribution in [0.5, 0.6) is 0 Å². The highest BCUT2D eigenvalue weighted by molar-refractivity contribution is 7.93. The number of sulfonamides is 1. The number of rotatable bonds is 4. The average molecular weight is 351 g/mol. The predicted molar refractivity (Wildman–Crippen MR) is 86.9 cm³/mol. The van der Waals surface area contributed by atoms with Crippen LogP contribution in [0.1, 0.15) is 10.5 Å². The number of carbonyl (C=O) groups is 1. The number of nitrogens with zero attached hydrogens (tertiary/aromatic N) is 1. The fourth-order valence-corrected chi connectivity index (χ4v) is 3.82. The lowest BCUT2D eigenvalue weighted by molar-refractivity contribution is 0.0993. The number of fused-ring (bicyclic) bond motifs is 1. The lowest BCUT2D eigenvalue weighted by Crippen LogP contribution is -2.20. The second-order valence-corrected chi connectivity index (χ2v) is 6.78. The third kappa shape index (κ3) is 2.86.